The van der Waals surface area contributed by atoms with Crippen molar-refractivity contribution in [3.05, 3.63) is 33.8 Å². The number of hydrogen-bond acceptors (Lipinski definition) is 2. The van der Waals surface area contributed by atoms with E-state index in [0.29, 0.717) is 16.5 Å². The van der Waals surface area contributed by atoms with E-state index in [1.807, 2.05) is 12.1 Å². The first-order chi connectivity index (χ1) is 8.54. The molecular formula is C13H18Cl2N2O. The molecule has 0 bridgehead atoms. The zero-order chi connectivity index (χ0) is 13.5. The zero-order valence-corrected chi connectivity index (χ0v) is 11.9. The summed E-state index contributed by atoms with van der Waals surface area (Å²) in [6.07, 6.45) is 2.09. The second-order valence-corrected chi connectivity index (χ2v) is 4.97. The highest BCUT2D eigenvalue weighted by molar-refractivity contribution is 6.42. The van der Waals surface area contributed by atoms with E-state index in [9.17, 15) is 4.79 Å². The lowest BCUT2D eigenvalue weighted by molar-refractivity contribution is -0.118. The van der Waals surface area contributed by atoms with E-state index in [0.717, 1.165) is 24.9 Å². The number of carbonyl (C=O) groups excluding carboxylic acids is 1. The van der Waals surface area contributed by atoms with Crippen LogP contribution in [-0.2, 0) is 4.79 Å². The first-order valence-corrected chi connectivity index (χ1v) is 6.76. The van der Waals surface area contributed by atoms with Gasteiger partial charge in [-0.15, -0.1) is 0 Å². The molecule has 1 unspecified atom stereocenters. The van der Waals surface area contributed by atoms with Gasteiger partial charge in [0.05, 0.1) is 10.0 Å². The van der Waals surface area contributed by atoms with Gasteiger partial charge in [0.25, 0.3) is 0 Å². The lowest BCUT2D eigenvalue weighted by atomic mass is 10.0. The van der Waals surface area contributed by atoms with E-state index < -0.39 is 0 Å². The van der Waals surface area contributed by atoms with Crippen LogP contribution in [0.3, 0.4) is 0 Å². The van der Waals surface area contributed by atoms with Crippen LogP contribution >= 0.6 is 23.2 Å². The summed E-state index contributed by atoms with van der Waals surface area (Å²) in [5.74, 6) is -0.264. The summed E-state index contributed by atoms with van der Waals surface area (Å²) < 4.78 is 0. The number of carbonyl (C=O) groups is 1. The van der Waals surface area contributed by atoms with E-state index in [1.165, 1.54) is 0 Å². The van der Waals surface area contributed by atoms with Crippen LogP contribution in [0.4, 0.5) is 0 Å². The molecule has 0 heterocycles. The molecule has 0 aliphatic carbocycles. The van der Waals surface area contributed by atoms with E-state index in [2.05, 4.69) is 12.2 Å². The maximum absolute atomic E-state index is 10.6. The van der Waals surface area contributed by atoms with Crippen molar-refractivity contribution in [3.8, 4) is 0 Å². The Bertz CT molecular complexity index is 410. The fourth-order valence-corrected chi connectivity index (χ4v) is 2.07. The minimum atomic E-state index is -0.264. The number of nitrogens with two attached hydrogens (primary N) is 1. The second-order valence-electron chi connectivity index (χ2n) is 4.16. The van der Waals surface area contributed by atoms with Crippen molar-refractivity contribution in [1.82, 2.24) is 5.32 Å². The zero-order valence-electron chi connectivity index (χ0n) is 10.4. The van der Waals surface area contributed by atoms with E-state index in [4.69, 9.17) is 28.9 Å². The summed E-state index contributed by atoms with van der Waals surface area (Å²) >= 11 is 11.9. The van der Waals surface area contributed by atoms with Crippen molar-refractivity contribution in [2.24, 2.45) is 5.73 Å². The van der Waals surface area contributed by atoms with Gasteiger partial charge in [-0.25, -0.2) is 0 Å². The van der Waals surface area contributed by atoms with Gasteiger partial charge in [0.15, 0.2) is 0 Å². The highest BCUT2D eigenvalue weighted by Crippen LogP contribution is 2.26. The highest BCUT2D eigenvalue weighted by atomic mass is 35.5. The normalized spacial score (nSPS) is 12.4. The molecule has 0 aliphatic rings. The standard InChI is InChI=1S/C13H18Cl2N2O/c1-2-12(17-7-3-4-13(16)18)9-5-6-10(14)11(15)8-9/h5-6,8,12,17H,2-4,7H2,1H3,(H2,16,18). The molecule has 0 saturated heterocycles. The molecule has 18 heavy (non-hydrogen) atoms. The van der Waals surface area contributed by atoms with Gasteiger partial charge in [-0.05, 0) is 37.1 Å². The molecule has 1 aromatic carbocycles. The van der Waals surface area contributed by atoms with Crippen LogP contribution in [0.1, 0.15) is 37.8 Å². The third-order valence-electron chi connectivity index (χ3n) is 2.74. The summed E-state index contributed by atoms with van der Waals surface area (Å²) in [4.78, 5) is 10.6. The van der Waals surface area contributed by atoms with E-state index in [1.54, 1.807) is 6.07 Å². The number of nitrogens with one attached hydrogen (secondary N) is 1. The third kappa shape index (κ3) is 4.84. The van der Waals surface area contributed by atoms with Crippen LogP contribution in [0.25, 0.3) is 0 Å². The summed E-state index contributed by atoms with van der Waals surface area (Å²) in [5, 5.41) is 4.50. The Hall–Kier alpha value is -0.770. The van der Waals surface area contributed by atoms with Gasteiger partial charge in [0, 0.05) is 12.5 Å². The molecule has 100 valence electrons. The smallest absolute Gasteiger partial charge is 0.217 e. The van der Waals surface area contributed by atoms with Crippen molar-refractivity contribution < 1.29 is 4.79 Å². The molecule has 1 rings (SSSR count). The highest BCUT2D eigenvalue weighted by Gasteiger charge is 2.10. The van der Waals surface area contributed by atoms with Gasteiger partial charge in [-0.1, -0.05) is 36.2 Å². The Labute approximate surface area is 118 Å². The summed E-state index contributed by atoms with van der Waals surface area (Å²) in [6, 6.07) is 5.85. The summed E-state index contributed by atoms with van der Waals surface area (Å²) in [6.45, 7) is 2.84. The van der Waals surface area contributed by atoms with Crippen LogP contribution in [0.2, 0.25) is 10.0 Å². The number of amides is 1. The van der Waals surface area contributed by atoms with Gasteiger partial charge in [0.2, 0.25) is 5.91 Å². The molecule has 0 radical (unpaired) electrons. The maximum Gasteiger partial charge on any atom is 0.217 e. The van der Waals surface area contributed by atoms with Crippen molar-refractivity contribution in [1.29, 1.82) is 0 Å². The number of benzene rings is 1. The minimum Gasteiger partial charge on any atom is -0.370 e. The predicted molar refractivity (Wildman–Crippen MR) is 75.9 cm³/mol. The molecule has 0 fully saturated rings. The van der Waals surface area contributed by atoms with Gasteiger partial charge in [-0.2, -0.15) is 0 Å². The Morgan fingerprint density at radius 2 is 2.11 bits per heavy atom. The lowest BCUT2D eigenvalue weighted by Crippen LogP contribution is -2.23. The Kier molecular flexibility index (Phi) is 6.47. The van der Waals surface area contributed by atoms with Gasteiger partial charge >= 0.3 is 0 Å². The topological polar surface area (TPSA) is 55.1 Å². The third-order valence-corrected chi connectivity index (χ3v) is 3.48. The van der Waals surface area contributed by atoms with Crippen molar-refractivity contribution in [3.63, 3.8) is 0 Å². The second kappa shape index (κ2) is 7.62. The Balaban J connectivity index is 2.54. The van der Waals surface area contributed by atoms with Crippen LogP contribution in [-0.4, -0.2) is 12.5 Å². The molecule has 0 spiro atoms. The largest absolute Gasteiger partial charge is 0.370 e. The Morgan fingerprint density at radius 1 is 1.39 bits per heavy atom. The van der Waals surface area contributed by atoms with E-state index >= 15 is 0 Å². The monoisotopic (exact) mass is 288 g/mol. The van der Waals surface area contributed by atoms with Gasteiger partial charge in [0.1, 0.15) is 0 Å². The number of primary amides is 1. The van der Waals surface area contributed by atoms with Crippen LogP contribution in [0, 0.1) is 0 Å². The van der Waals surface area contributed by atoms with Gasteiger partial charge < -0.3 is 11.1 Å². The van der Waals surface area contributed by atoms with Crippen LogP contribution in [0.5, 0.6) is 0 Å². The Morgan fingerprint density at radius 3 is 2.67 bits per heavy atom. The SMILES string of the molecule is CCC(NCCCC(N)=O)c1ccc(Cl)c(Cl)c1. The molecule has 1 amide bonds. The first kappa shape index (κ1) is 15.3. The molecule has 3 nitrogen and oxygen atoms in total. The summed E-state index contributed by atoms with van der Waals surface area (Å²) in [5.41, 5.74) is 6.19. The van der Waals surface area contributed by atoms with E-state index in [-0.39, 0.29) is 11.9 Å². The summed E-state index contributed by atoms with van der Waals surface area (Å²) in [7, 11) is 0. The molecule has 1 atom stereocenters. The maximum atomic E-state index is 10.6. The number of halogens is 2. The molecule has 0 aromatic heterocycles. The molecule has 5 heteroatoms. The average Bonchev–Trinajstić information content (AvgIpc) is 2.33. The van der Waals surface area contributed by atoms with Crippen molar-refractivity contribution >= 4 is 29.1 Å². The molecule has 3 N–H and O–H groups in total. The van der Waals surface area contributed by atoms with Crippen LogP contribution in [0.15, 0.2) is 18.2 Å². The molecule has 0 aliphatic heterocycles. The van der Waals surface area contributed by atoms with Crippen LogP contribution < -0.4 is 11.1 Å². The van der Waals surface area contributed by atoms with Gasteiger partial charge in [-0.3, -0.25) is 4.79 Å². The lowest BCUT2D eigenvalue weighted by Gasteiger charge is -2.17. The average molecular weight is 289 g/mol. The number of rotatable bonds is 7. The first-order valence-electron chi connectivity index (χ1n) is 6.01. The molecule has 1 aromatic rings. The van der Waals surface area contributed by atoms with Crippen molar-refractivity contribution in [2.45, 2.75) is 32.2 Å². The fourth-order valence-electron chi connectivity index (χ4n) is 1.77. The predicted octanol–water partition coefficient (Wildman–Crippen LogP) is 3.30. The number of hydrogen-bond donors (Lipinski definition) is 2. The minimum absolute atomic E-state index is 0.215. The molecular weight excluding hydrogens is 271 g/mol. The van der Waals surface area contributed by atoms with Crippen molar-refractivity contribution in [2.75, 3.05) is 6.54 Å². The molecule has 0 saturated carbocycles. The fraction of sp³-hybridized carbons (Fsp3) is 0.462. The quantitative estimate of drug-likeness (QED) is 0.757.